The SMILES string of the molecule is CCSc1cccc(C(=O)Nc2nc3ccc(OC)cc3s2)c1. The van der Waals surface area contributed by atoms with Gasteiger partial charge in [-0.25, -0.2) is 4.98 Å². The number of carbonyl (C=O) groups excluding carboxylic acids is 1. The van der Waals surface area contributed by atoms with Gasteiger partial charge >= 0.3 is 0 Å². The van der Waals surface area contributed by atoms with Crippen molar-refractivity contribution in [3.8, 4) is 5.75 Å². The second-order valence-electron chi connectivity index (χ2n) is 4.77. The number of aromatic nitrogens is 1. The molecule has 0 saturated heterocycles. The van der Waals surface area contributed by atoms with Crippen LogP contribution in [-0.4, -0.2) is 23.8 Å². The number of nitrogens with one attached hydrogen (secondary N) is 1. The first-order valence-corrected chi connectivity index (χ1v) is 8.98. The minimum absolute atomic E-state index is 0.144. The fourth-order valence-electron chi connectivity index (χ4n) is 2.15. The van der Waals surface area contributed by atoms with E-state index in [0.29, 0.717) is 10.7 Å². The number of thiazole rings is 1. The fourth-order valence-corrected chi connectivity index (χ4v) is 3.76. The molecule has 0 aliphatic rings. The molecular formula is C17H16N2O2S2. The lowest BCUT2D eigenvalue weighted by molar-refractivity contribution is 0.102. The normalized spacial score (nSPS) is 10.7. The Morgan fingerprint density at radius 2 is 2.17 bits per heavy atom. The van der Waals surface area contributed by atoms with Gasteiger partial charge in [-0.05, 0) is 42.2 Å². The molecule has 0 aliphatic carbocycles. The van der Waals surface area contributed by atoms with E-state index in [1.807, 2.05) is 42.5 Å². The first-order chi connectivity index (χ1) is 11.2. The molecule has 2 aromatic carbocycles. The van der Waals surface area contributed by atoms with E-state index < -0.39 is 0 Å². The third-order valence-corrected chi connectivity index (χ3v) is 5.03. The largest absolute Gasteiger partial charge is 0.497 e. The number of amides is 1. The third kappa shape index (κ3) is 3.65. The van der Waals surface area contributed by atoms with E-state index in [4.69, 9.17) is 4.74 Å². The zero-order valence-corrected chi connectivity index (χ0v) is 14.5. The minimum Gasteiger partial charge on any atom is -0.497 e. The second kappa shape index (κ2) is 7.02. The summed E-state index contributed by atoms with van der Waals surface area (Å²) in [6.07, 6.45) is 0. The Labute approximate surface area is 142 Å². The lowest BCUT2D eigenvalue weighted by Crippen LogP contribution is -2.11. The zero-order valence-electron chi connectivity index (χ0n) is 12.8. The van der Waals surface area contributed by atoms with Crippen LogP contribution in [0.25, 0.3) is 10.2 Å². The molecule has 0 aliphatic heterocycles. The fraction of sp³-hybridized carbons (Fsp3) is 0.176. The van der Waals surface area contributed by atoms with E-state index in [0.717, 1.165) is 26.6 Å². The number of methoxy groups -OCH3 is 1. The highest BCUT2D eigenvalue weighted by Gasteiger charge is 2.11. The van der Waals surface area contributed by atoms with E-state index in [1.165, 1.54) is 11.3 Å². The number of benzene rings is 2. The Morgan fingerprint density at radius 1 is 1.30 bits per heavy atom. The summed E-state index contributed by atoms with van der Waals surface area (Å²) in [5.41, 5.74) is 1.49. The van der Waals surface area contributed by atoms with Gasteiger partial charge in [0.2, 0.25) is 0 Å². The molecule has 23 heavy (non-hydrogen) atoms. The summed E-state index contributed by atoms with van der Waals surface area (Å²) in [5, 5.41) is 3.46. The van der Waals surface area contributed by atoms with Crippen molar-refractivity contribution < 1.29 is 9.53 Å². The molecule has 6 heteroatoms. The summed E-state index contributed by atoms with van der Waals surface area (Å²) in [6, 6.07) is 13.3. The van der Waals surface area contributed by atoms with Crippen molar-refractivity contribution in [1.82, 2.24) is 4.98 Å². The Kier molecular flexibility index (Phi) is 4.83. The molecule has 4 nitrogen and oxygen atoms in total. The average Bonchev–Trinajstić information content (AvgIpc) is 2.96. The first-order valence-electron chi connectivity index (χ1n) is 7.18. The van der Waals surface area contributed by atoms with Crippen molar-refractivity contribution in [1.29, 1.82) is 0 Å². The van der Waals surface area contributed by atoms with Crippen LogP contribution in [-0.2, 0) is 0 Å². The molecule has 0 fully saturated rings. The van der Waals surface area contributed by atoms with Crippen LogP contribution >= 0.6 is 23.1 Å². The maximum atomic E-state index is 12.4. The van der Waals surface area contributed by atoms with E-state index in [1.54, 1.807) is 18.9 Å². The predicted octanol–water partition coefficient (Wildman–Crippen LogP) is 4.67. The van der Waals surface area contributed by atoms with Gasteiger partial charge in [-0.3, -0.25) is 10.1 Å². The molecule has 3 rings (SSSR count). The number of thioether (sulfide) groups is 1. The van der Waals surface area contributed by atoms with Crippen molar-refractivity contribution >= 4 is 44.4 Å². The van der Waals surface area contributed by atoms with Gasteiger partial charge < -0.3 is 4.74 Å². The molecular weight excluding hydrogens is 328 g/mol. The van der Waals surface area contributed by atoms with Crippen LogP contribution in [0.1, 0.15) is 17.3 Å². The average molecular weight is 344 g/mol. The number of nitrogens with zero attached hydrogens (tertiary/aromatic N) is 1. The topological polar surface area (TPSA) is 51.2 Å². The highest BCUT2D eigenvalue weighted by atomic mass is 32.2. The number of rotatable bonds is 5. The van der Waals surface area contributed by atoms with Crippen molar-refractivity contribution in [3.05, 3.63) is 48.0 Å². The molecule has 1 amide bonds. The number of fused-ring (bicyclic) bond motifs is 1. The van der Waals surface area contributed by atoms with E-state index in [-0.39, 0.29) is 5.91 Å². The lowest BCUT2D eigenvalue weighted by atomic mass is 10.2. The summed E-state index contributed by atoms with van der Waals surface area (Å²) in [7, 11) is 1.63. The molecule has 118 valence electrons. The van der Waals surface area contributed by atoms with Gasteiger partial charge in [0.15, 0.2) is 5.13 Å². The molecule has 3 aromatic rings. The van der Waals surface area contributed by atoms with Crippen molar-refractivity contribution in [2.45, 2.75) is 11.8 Å². The van der Waals surface area contributed by atoms with Gasteiger partial charge in [0, 0.05) is 10.5 Å². The van der Waals surface area contributed by atoms with Crippen LogP contribution < -0.4 is 10.1 Å². The van der Waals surface area contributed by atoms with Crippen LogP contribution in [0.15, 0.2) is 47.4 Å². The van der Waals surface area contributed by atoms with E-state index in [9.17, 15) is 4.79 Å². The van der Waals surface area contributed by atoms with Crippen LogP contribution in [0.2, 0.25) is 0 Å². The highest BCUT2D eigenvalue weighted by molar-refractivity contribution is 7.99. The summed E-state index contributed by atoms with van der Waals surface area (Å²) in [6.45, 7) is 2.09. The quantitative estimate of drug-likeness (QED) is 0.683. The molecule has 0 radical (unpaired) electrons. The maximum absolute atomic E-state index is 12.4. The van der Waals surface area contributed by atoms with Crippen molar-refractivity contribution in [2.24, 2.45) is 0 Å². The van der Waals surface area contributed by atoms with E-state index in [2.05, 4.69) is 17.2 Å². The monoisotopic (exact) mass is 344 g/mol. The van der Waals surface area contributed by atoms with Crippen LogP contribution in [0.3, 0.4) is 0 Å². The van der Waals surface area contributed by atoms with Crippen LogP contribution in [0.5, 0.6) is 5.75 Å². The minimum atomic E-state index is -0.144. The van der Waals surface area contributed by atoms with E-state index >= 15 is 0 Å². The molecule has 1 N–H and O–H groups in total. The number of hydrogen-bond donors (Lipinski definition) is 1. The van der Waals surface area contributed by atoms with Gasteiger partial charge in [0.25, 0.3) is 5.91 Å². The van der Waals surface area contributed by atoms with Gasteiger partial charge in [-0.2, -0.15) is 0 Å². The number of carbonyl (C=O) groups is 1. The third-order valence-electron chi connectivity index (χ3n) is 3.22. The molecule has 1 aromatic heterocycles. The predicted molar refractivity (Wildman–Crippen MR) is 97.0 cm³/mol. The van der Waals surface area contributed by atoms with Gasteiger partial charge in [-0.15, -0.1) is 11.8 Å². The number of anilines is 1. The molecule has 1 heterocycles. The Hall–Kier alpha value is -2.05. The van der Waals surface area contributed by atoms with Crippen molar-refractivity contribution in [2.75, 3.05) is 18.2 Å². The molecule has 0 unspecified atom stereocenters. The lowest BCUT2D eigenvalue weighted by Gasteiger charge is -2.04. The van der Waals surface area contributed by atoms with Gasteiger partial charge in [0.1, 0.15) is 5.75 Å². The Bertz CT molecular complexity index is 845. The second-order valence-corrected chi connectivity index (χ2v) is 7.14. The first kappa shape index (κ1) is 15.8. The van der Waals surface area contributed by atoms with Crippen molar-refractivity contribution in [3.63, 3.8) is 0 Å². The maximum Gasteiger partial charge on any atom is 0.257 e. The Morgan fingerprint density at radius 3 is 2.96 bits per heavy atom. The molecule has 0 spiro atoms. The van der Waals surface area contributed by atoms with Crippen LogP contribution in [0.4, 0.5) is 5.13 Å². The summed E-state index contributed by atoms with van der Waals surface area (Å²) >= 11 is 3.15. The summed E-state index contributed by atoms with van der Waals surface area (Å²) in [4.78, 5) is 17.9. The zero-order chi connectivity index (χ0) is 16.2. The standard InChI is InChI=1S/C17H16N2O2S2/c1-3-22-13-6-4-5-11(9-13)16(20)19-17-18-14-8-7-12(21-2)10-15(14)23-17/h4-10H,3H2,1-2H3,(H,18,19,20). The smallest absolute Gasteiger partial charge is 0.257 e. The summed E-state index contributed by atoms with van der Waals surface area (Å²) < 4.78 is 6.19. The highest BCUT2D eigenvalue weighted by Crippen LogP contribution is 2.29. The van der Waals surface area contributed by atoms with Gasteiger partial charge in [0.05, 0.1) is 17.3 Å². The van der Waals surface area contributed by atoms with Crippen LogP contribution in [0, 0.1) is 0 Å². The number of hydrogen-bond acceptors (Lipinski definition) is 5. The Balaban J connectivity index is 1.80. The molecule has 0 bridgehead atoms. The summed E-state index contributed by atoms with van der Waals surface area (Å²) in [5.74, 6) is 1.61. The molecule has 0 saturated carbocycles. The number of ether oxygens (including phenoxy) is 1. The molecule has 0 atom stereocenters. The van der Waals surface area contributed by atoms with Gasteiger partial charge in [-0.1, -0.05) is 24.3 Å².